The van der Waals surface area contributed by atoms with E-state index in [0.717, 1.165) is 5.56 Å². The maximum absolute atomic E-state index is 12.5. The van der Waals surface area contributed by atoms with Gasteiger partial charge in [0.1, 0.15) is 12.3 Å². The number of para-hydroxylation sites is 2. The van der Waals surface area contributed by atoms with Crippen LogP contribution in [0.15, 0.2) is 48.5 Å². The van der Waals surface area contributed by atoms with E-state index in [1.54, 1.807) is 12.1 Å². The molecule has 5 nitrogen and oxygen atoms in total. The van der Waals surface area contributed by atoms with Gasteiger partial charge in [-0.05, 0) is 50.6 Å². The van der Waals surface area contributed by atoms with Gasteiger partial charge in [-0.3, -0.25) is 9.59 Å². The van der Waals surface area contributed by atoms with Crippen LogP contribution in [-0.2, 0) is 9.59 Å². The lowest BCUT2D eigenvalue weighted by Gasteiger charge is -2.22. The number of hydrogen-bond acceptors (Lipinski definition) is 3. The molecule has 0 aliphatic rings. The number of ether oxygens (including phenoxy) is 1. The summed E-state index contributed by atoms with van der Waals surface area (Å²) in [5.74, 6) is 0.139. The summed E-state index contributed by atoms with van der Waals surface area (Å²) in [4.78, 5) is 25.9. The molecule has 0 fully saturated rings. The van der Waals surface area contributed by atoms with Crippen LogP contribution >= 0.6 is 0 Å². The molecule has 0 aromatic heterocycles. The molecule has 0 aliphatic carbocycles. The van der Waals surface area contributed by atoms with Crippen molar-refractivity contribution in [1.29, 1.82) is 0 Å². The summed E-state index contributed by atoms with van der Waals surface area (Å²) in [5, 5.41) is 2.83. The van der Waals surface area contributed by atoms with Crippen molar-refractivity contribution in [2.24, 2.45) is 0 Å². The van der Waals surface area contributed by atoms with E-state index in [1.165, 1.54) is 11.8 Å². The highest BCUT2D eigenvalue weighted by Crippen LogP contribution is 2.25. The molecule has 25 heavy (non-hydrogen) atoms. The van der Waals surface area contributed by atoms with Crippen LogP contribution in [0.2, 0.25) is 0 Å². The minimum absolute atomic E-state index is 0.000867. The molecule has 1 N–H and O–H groups in total. The van der Waals surface area contributed by atoms with Crippen LogP contribution in [0.5, 0.6) is 5.75 Å². The fourth-order valence-corrected chi connectivity index (χ4v) is 2.44. The van der Waals surface area contributed by atoms with Gasteiger partial charge in [0.15, 0.2) is 0 Å². The smallest absolute Gasteiger partial charge is 0.244 e. The fraction of sp³-hybridized carbons (Fsp3) is 0.300. The van der Waals surface area contributed by atoms with Gasteiger partial charge in [-0.15, -0.1) is 0 Å². The highest BCUT2D eigenvalue weighted by molar-refractivity contribution is 6.02. The summed E-state index contributed by atoms with van der Waals surface area (Å²) in [6, 6.07) is 14.8. The van der Waals surface area contributed by atoms with Crippen LogP contribution in [0, 0.1) is 6.92 Å². The summed E-state index contributed by atoms with van der Waals surface area (Å²) in [6.07, 6.45) is -0.000867. The zero-order valence-electron chi connectivity index (χ0n) is 15.1. The molecule has 0 saturated carbocycles. The first-order valence-electron chi connectivity index (χ1n) is 8.27. The Morgan fingerprint density at radius 1 is 1.12 bits per heavy atom. The molecule has 2 amide bonds. The topological polar surface area (TPSA) is 58.6 Å². The average Bonchev–Trinajstić information content (AvgIpc) is 2.53. The summed E-state index contributed by atoms with van der Waals surface area (Å²) in [6.45, 7) is 7.18. The first-order valence-corrected chi connectivity index (χ1v) is 8.27. The Bertz CT molecular complexity index is 756. The standard InChI is InChI=1S/C20H24N2O3/c1-14(2)25-19-11-6-5-10-18(19)21-20(24)13-22(16(4)23)17-9-7-8-15(3)12-17/h5-12,14H,13H2,1-4H3,(H,21,24). The Morgan fingerprint density at radius 2 is 1.84 bits per heavy atom. The third kappa shape index (κ3) is 5.35. The summed E-state index contributed by atoms with van der Waals surface area (Å²) >= 11 is 0. The number of carbonyl (C=O) groups is 2. The average molecular weight is 340 g/mol. The first-order chi connectivity index (χ1) is 11.9. The van der Waals surface area contributed by atoms with Crippen molar-refractivity contribution in [3.63, 3.8) is 0 Å². The van der Waals surface area contributed by atoms with Gasteiger partial charge in [-0.25, -0.2) is 0 Å². The molecule has 0 bridgehead atoms. The van der Waals surface area contributed by atoms with Crippen molar-refractivity contribution in [3.05, 3.63) is 54.1 Å². The van der Waals surface area contributed by atoms with E-state index in [2.05, 4.69) is 5.32 Å². The molecular formula is C20H24N2O3. The number of anilines is 2. The van der Waals surface area contributed by atoms with E-state index in [-0.39, 0.29) is 24.5 Å². The lowest BCUT2D eigenvalue weighted by molar-refractivity contribution is -0.120. The van der Waals surface area contributed by atoms with E-state index in [9.17, 15) is 9.59 Å². The van der Waals surface area contributed by atoms with Crippen molar-refractivity contribution in [2.45, 2.75) is 33.8 Å². The molecular weight excluding hydrogens is 316 g/mol. The highest BCUT2D eigenvalue weighted by atomic mass is 16.5. The molecule has 0 saturated heterocycles. The summed E-state index contributed by atoms with van der Waals surface area (Å²) < 4.78 is 5.70. The number of nitrogens with one attached hydrogen (secondary N) is 1. The van der Waals surface area contributed by atoms with Gasteiger partial charge in [-0.1, -0.05) is 24.3 Å². The largest absolute Gasteiger partial charge is 0.489 e. The minimum atomic E-state index is -0.281. The summed E-state index contributed by atoms with van der Waals surface area (Å²) in [7, 11) is 0. The number of nitrogens with zero attached hydrogens (tertiary/aromatic N) is 1. The second-order valence-corrected chi connectivity index (χ2v) is 6.16. The van der Waals surface area contributed by atoms with Crippen molar-refractivity contribution in [3.8, 4) is 5.75 Å². The Balaban J connectivity index is 2.14. The molecule has 5 heteroatoms. The van der Waals surface area contributed by atoms with Gasteiger partial charge in [0.2, 0.25) is 11.8 Å². The molecule has 0 spiro atoms. The van der Waals surface area contributed by atoms with Crippen molar-refractivity contribution in [2.75, 3.05) is 16.8 Å². The zero-order valence-corrected chi connectivity index (χ0v) is 15.1. The predicted molar refractivity (Wildman–Crippen MR) is 100 cm³/mol. The van der Waals surface area contributed by atoms with Crippen LogP contribution in [0.4, 0.5) is 11.4 Å². The third-order valence-electron chi connectivity index (χ3n) is 3.52. The predicted octanol–water partition coefficient (Wildman–Crippen LogP) is 3.77. The first kappa shape index (κ1) is 18.5. The number of rotatable bonds is 6. The molecule has 0 atom stereocenters. The maximum atomic E-state index is 12.5. The zero-order chi connectivity index (χ0) is 18.4. The van der Waals surface area contributed by atoms with E-state index in [0.29, 0.717) is 17.1 Å². The van der Waals surface area contributed by atoms with Crippen molar-refractivity contribution in [1.82, 2.24) is 0 Å². The quantitative estimate of drug-likeness (QED) is 0.871. The Kier molecular flexibility index (Phi) is 6.17. The molecule has 2 aromatic carbocycles. The number of amides is 2. The molecule has 2 rings (SSSR count). The highest BCUT2D eigenvalue weighted by Gasteiger charge is 2.17. The molecule has 132 valence electrons. The van der Waals surface area contributed by atoms with Gasteiger partial charge < -0.3 is 15.0 Å². The van der Waals surface area contributed by atoms with E-state index < -0.39 is 0 Å². The molecule has 2 aromatic rings. The van der Waals surface area contributed by atoms with Crippen LogP contribution in [-0.4, -0.2) is 24.5 Å². The Morgan fingerprint density at radius 3 is 2.48 bits per heavy atom. The van der Waals surface area contributed by atoms with Crippen molar-refractivity contribution >= 4 is 23.2 Å². The van der Waals surface area contributed by atoms with Gasteiger partial charge in [-0.2, -0.15) is 0 Å². The molecule has 0 aliphatic heterocycles. The van der Waals surface area contributed by atoms with E-state index >= 15 is 0 Å². The van der Waals surface area contributed by atoms with E-state index in [4.69, 9.17) is 4.74 Å². The molecule has 0 radical (unpaired) electrons. The normalized spacial score (nSPS) is 10.4. The third-order valence-corrected chi connectivity index (χ3v) is 3.52. The minimum Gasteiger partial charge on any atom is -0.489 e. The lowest BCUT2D eigenvalue weighted by Crippen LogP contribution is -2.36. The maximum Gasteiger partial charge on any atom is 0.244 e. The van der Waals surface area contributed by atoms with Crippen molar-refractivity contribution < 1.29 is 14.3 Å². The van der Waals surface area contributed by atoms with Crippen LogP contribution in [0.3, 0.4) is 0 Å². The number of aryl methyl sites for hydroxylation is 1. The van der Waals surface area contributed by atoms with Crippen LogP contribution in [0.25, 0.3) is 0 Å². The van der Waals surface area contributed by atoms with Crippen LogP contribution in [0.1, 0.15) is 26.3 Å². The van der Waals surface area contributed by atoms with Gasteiger partial charge in [0.25, 0.3) is 0 Å². The van der Waals surface area contributed by atoms with Gasteiger partial charge in [0, 0.05) is 12.6 Å². The Labute approximate surface area is 148 Å². The lowest BCUT2D eigenvalue weighted by atomic mass is 10.2. The Hall–Kier alpha value is -2.82. The van der Waals surface area contributed by atoms with Crippen LogP contribution < -0.4 is 15.0 Å². The van der Waals surface area contributed by atoms with Gasteiger partial charge in [0.05, 0.1) is 11.8 Å². The monoisotopic (exact) mass is 340 g/mol. The van der Waals surface area contributed by atoms with E-state index in [1.807, 2.05) is 57.2 Å². The second-order valence-electron chi connectivity index (χ2n) is 6.16. The SMILES string of the molecule is CC(=O)N(CC(=O)Nc1ccccc1OC(C)C)c1cccc(C)c1. The summed E-state index contributed by atoms with van der Waals surface area (Å²) in [5.41, 5.74) is 2.32. The fourth-order valence-electron chi connectivity index (χ4n) is 2.44. The molecule has 0 unspecified atom stereocenters. The molecule has 0 heterocycles. The number of hydrogen-bond donors (Lipinski definition) is 1. The number of benzene rings is 2. The number of carbonyl (C=O) groups excluding carboxylic acids is 2. The van der Waals surface area contributed by atoms with Gasteiger partial charge >= 0.3 is 0 Å². The second kappa shape index (κ2) is 8.33.